The van der Waals surface area contributed by atoms with Gasteiger partial charge in [-0.15, -0.1) is 0 Å². The van der Waals surface area contributed by atoms with Crippen molar-refractivity contribution in [3.05, 3.63) is 47.6 Å². The molecule has 3 nitrogen and oxygen atoms in total. The van der Waals surface area contributed by atoms with E-state index in [4.69, 9.17) is 9.84 Å². The topological polar surface area (TPSA) is 46.5 Å². The number of carbonyl (C=O) groups is 1. The van der Waals surface area contributed by atoms with Gasteiger partial charge in [-0.3, -0.25) is 0 Å². The average molecular weight is 244 g/mol. The van der Waals surface area contributed by atoms with E-state index in [9.17, 15) is 4.79 Å². The van der Waals surface area contributed by atoms with E-state index in [1.807, 2.05) is 37.3 Å². The maximum Gasteiger partial charge on any atom is 0.328 e. The Bertz CT molecular complexity index is 495. The molecule has 3 heteroatoms. The van der Waals surface area contributed by atoms with Gasteiger partial charge in [0.2, 0.25) is 0 Å². The molecule has 2 rings (SSSR count). The summed E-state index contributed by atoms with van der Waals surface area (Å²) in [7, 11) is 0. The Balaban J connectivity index is 2.15. The van der Waals surface area contributed by atoms with E-state index in [0.29, 0.717) is 6.61 Å². The third kappa shape index (κ3) is 3.00. The molecule has 1 aromatic rings. The molecule has 0 radical (unpaired) electrons. The number of rotatable bonds is 4. The number of allylic oxidation sites excluding steroid dienone is 3. The van der Waals surface area contributed by atoms with Gasteiger partial charge in [-0.25, -0.2) is 4.79 Å². The number of aliphatic carboxylic acids is 1. The van der Waals surface area contributed by atoms with Crippen molar-refractivity contribution in [2.45, 2.75) is 19.8 Å². The van der Waals surface area contributed by atoms with Gasteiger partial charge in [-0.05, 0) is 48.6 Å². The van der Waals surface area contributed by atoms with Crippen molar-refractivity contribution < 1.29 is 14.6 Å². The molecule has 0 unspecified atom stereocenters. The first-order valence-electron chi connectivity index (χ1n) is 6.06. The zero-order valence-corrected chi connectivity index (χ0v) is 10.3. The Kier molecular flexibility index (Phi) is 3.82. The Morgan fingerprint density at radius 1 is 1.33 bits per heavy atom. The predicted octanol–water partition coefficient (Wildman–Crippen LogP) is 3.27. The summed E-state index contributed by atoms with van der Waals surface area (Å²) in [5.41, 5.74) is 3.20. The molecule has 0 bridgehead atoms. The highest BCUT2D eigenvalue weighted by Gasteiger charge is 2.12. The molecule has 18 heavy (non-hydrogen) atoms. The molecule has 1 aromatic carbocycles. The summed E-state index contributed by atoms with van der Waals surface area (Å²) in [6, 6.07) is 7.91. The third-order valence-electron chi connectivity index (χ3n) is 2.89. The van der Waals surface area contributed by atoms with Crippen LogP contribution in [0.1, 0.15) is 25.3 Å². The van der Waals surface area contributed by atoms with E-state index in [2.05, 4.69) is 0 Å². The van der Waals surface area contributed by atoms with Gasteiger partial charge in [0.05, 0.1) is 6.61 Å². The number of carboxylic acid groups (broad SMARTS) is 1. The largest absolute Gasteiger partial charge is 0.494 e. The minimum absolute atomic E-state index is 0.660. The number of carboxylic acids is 1. The van der Waals surface area contributed by atoms with E-state index in [1.54, 1.807) is 0 Å². The maximum atomic E-state index is 10.6. The van der Waals surface area contributed by atoms with Crippen molar-refractivity contribution in [2.75, 3.05) is 6.61 Å². The second kappa shape index (κ2) is 5.54. The molecule has 0 aromatic heterocycles. The maximum absolute atomic E-state index is 10.6. The molecule has 0 saturated heterocycles. The number of benzene rings is 1. The van der Waals surface area contributed by atoms with Crippen LogP contribution in [-0.2, 0) is 4.79 Å². The van der Waals surface area contributed by atoms with Crippen LogP contribution in [0.25, 0.3) is 5.57 Å². The van der Waals surface area contributed by atoms with Gasteiger partial charge in [0.25, 0.3) is 0 Å². The number of hydrogen-bond acceptors (Lipinski definition) is 2. The Hall–Kier alpha value is -2.03. The van der Waals surface area contributed by atoms with E-state index in [1.165, 1.54) is 11.6 Å². The van der Waals surface area contributed by atoms with Crippen molar-refractivity contribution in [1.82, 2.24) is 0 Å². The normalized spacial score (nSPS) is 16.7. The first-order valence-corrected chi connectivity index (χ1v) is 6.06. The van der Waals surface area contributed by atoms with E-state index in [0.717, 1.165) is 29.7 Å². The van der Waals surface area contributed by atoms with Gasteiger partial charge in [0.1, 0.15) is 5.75 Å². The lowest BCUT2D eigenvalue weighted by molar-refractivity contribution is -0.131. The van der Waals surface area contributed by atoms with Crippen LogP contribution in [0.5, 0.6) is 5.75 Å². The van der Waals surface area contributed by atoms with E-state index in [-0.39, 0.29) is 0 Å². The minimum atomic E-state index is -0.880. The van der Waals surface area contributed by atoms with Crippen LogP contribution in [0.15, 0.2) is 42.0 Å². The number of hydrogen-bond donors (Lipinski definition) is 1. The van der Waals surface area contributed by atoms with E-state index >= 15 is 0 Å². The Morgan fingerprint density at radius 3 is 2.67 bits per heavy atom. The first kappa shape index (κ1) is 12.4. The monoisotopic (exact) mass is 244 g/mol. The van der Waals surface area contributed by atoms with Crippen LogP contribution in [0.2, 0.25) is 0 Å². The van der Waals surface area contributed by atoms with Crippen LogP contribution < -0.4 is 4.74 Å². The molecule has 0 atom stereocenters. The van der Waals surface area contributed by atoms with Crippen LogP contribution in [-0.4, -0.2) is 17.7 Å². The molecular weight excluding hydrogens is 228 g/mol. The Morgan fingerprint density at radius 2 is 2.06 bits per heavy atom. The standard InChI is InChI=1S/C15H16O3/c1-2-18-14-7-5-12(6-8-14)13-4-3-11(9-13)10-15(16)17/h5-10H,2-4H2,1H3,(H,16,17)/b11-10+. The van der Waals surface area contributed by atoms with Gasteiger partial charge in [0, 0.05) is 6.08 Å². The molecule has 0 saturated carbocycles. The van der Waals surface area contributed by atoms with Gasteiger partial charge in [-0.1, -0.05) is 18.2 Å². The summed E-state index contributed by atoms with van der Waals surface area (Å²) in [6.45, 7) is 2.62. The fraction of sp³-hybridized carbons (Fsp3) is 0.267. The molecule has 0 heterocycles. The fourth-order valence-electron chi connectivity index (χ4n) is 2.08. The van der Waals surface area contributed by atoms with Crippen LogP contribution in [0.3, 0.4) is 0 Å². The van der Waals surface area contributed by atoms with Gasteiger partial charge >= 0.3 is 5.97 Å². The quantitative estimate of drug-likeness (QED) is 0.827. The van der Waals surface area contributed by atoms with Gasteiger partial charge in [-0.2, -0.15) is 0 Å². The zero-order valence-electron chi connectivity index (χ0n) is 10.3. The second-order valence-corrected chi connectivity index (χ2v) is 4.18. The molecule has 0 aliphatic heterocycles. The lowest BCUT2D eigenvalue weighted by Gasteiger charge is -2.05. The molecule has 1 N–H and O–H groups in total. The minimum Gasteiger partial charge on any atom is -0.494 e. The summed E-state index contributed by atoms with van der Waals surface area (Å²) in [4.78, 5) is 10.6. The average Bonchev–Trinajstić information content (AvgIpc) is 2.78. The van der Waals surface area contributed by atoms with Crippen molar-refractivity contribution in [2.24, 2.45) is 0 Å². The summed E-state index contributed by atoms with van der Waals surface area (Å²) in [5, 5.41) is 8.70. The predicted molar refractivity (Wildman–Crippen MR) is 70.5 cm³/mol. The summed E-state index contributed by atoms with van der Waals surface area (Å²) in [5.74, 6) is -0.0182. The summed E-state index contributed by atoms with van der Waals surface area (Å²) < 4.78 is 5.39. The molecular formula is C15H16O3. The van der Waals surface area contributed by atoms with Crippen LogP contribution in [0.4, 0.5) is 0 Å². The fourth-order valence-corrected chi connectivity index (χ4v) is 2.08. The van der Waals surface area contributed by atoms with Crippen molar-refractivity contribution >= 4 is 11.5 Å². The smallest absolute Gasteiger partial charge is 0.328 e. The van der Waals surface area contributed by atoms with Crippen molar-refractivity contribution in [1.29, 1.82) is 0 Å². The first-order chi connectivity index (χ1) is 8.69. The van der Waals surface area contributed by atoms with E-state index < -0.39 is 5.97 Å². The molecule has 0 fully saturated rings. The van der Waals surface area contributed by atoms with Crippen molar-refractivity contribution in [3.63, 3.8) is 0 Å². The molecule has 1 aliphatic rings. The molecule has 0 spiro atoms. The molecule has 0 amide bonds. The highest BCUT2D eigenvalue weighted by Crippen LogP contribution is 2.31. The number of ether oxygens (including phenoxy) is 1. The van der Waals surface area contributed by atoms with Gasteiger partial charge in [0.15, 0.2) is 0 Å². The van der Waals surface area contributed by atoms with Crippen molar-refractivity contribution in [3.8, 4) is 5.75 Å². The second-order valence-electron chi connectivity index (χ2n) is 4.18. The summed E-state index contributed by atoms with van der Waals surface area (Å²) in [6.07, 6.45) is 4.94. The molecule has 1 aliphatic carbocycles. The molecule has 94 valence electrons. The Labute approximate surface area is 106 Å². The SMILES string of the molecule is CCOc1ccc(C2=C/C(=C/C(=O)O)CC2)cc1. The highest BCUT2D eigenvalue weighted by molar-refractivity contribution is 5.83. The van der Waals surface area contributed by atoms with Gasteiger partial charge < -0.3 is 9.84 Å². The summed E-state index contributed by atoms with van der Waals surface area (Å²) >= 11 is 0. The highest BCUT2D eigenvalue weighted by atomic mass is 16.5. The zero-order chi connectivity index (χ0) is 13.0. The lowest BCUT2D eigenvalue weighted by Crippen LogP contribution is -1.91. The third-order valence-corrected chi connectivity index (χ3v) is 2.89. The van der Waals surface area contributed by atoms with Crippen LogP contribution in [0, 0.1) is 0 Å². The lowest BCUT2D eigenvalue weighted by atomic mass is 10.1. The van der Waals surface area contributed by atoms with Crippen LogP contribution >= 0.6 is 0 Å².